The zero-order valence-electron chi connectivity index (χ0n) is 11.0. The Kier molecular flexibility index (Phi) is 3.63. The third-order valence-corrected chi connectivity index (χ3v) is 3.68. The Morgan fingerprint density at radius 3 is 3.11 bits per heavy atom. The summed E-state index contributed by atoms with van der Waals surface area (Å²) in [6, 6.07) is 2.90. The first-order chi connectivity index (χ1) is 8.81. The Morgan fingerprint density at radius 2 is 2.39 bits per heavy atom. The van der Waals surface area contributed by atoms with Gasteiger partial charge in [0.15, 0.2) is 0 Å². The molecule has 0 spiro atoms. The topological polar surface area (TPSA) is 42.3 Å². The molecule has 1 saturated heterocycles. The molecule has 5 heteroatoms. The molecule has 1 saturated carbocycles. The molecule has 18 heavy (non-hydrogen) atoms. The lowest BCUT2D eigenvalue weighted by Crippen LogP contribution is -2.47. The van der Waals surface area contributed by atoms with Crippen LogP contribution in [0.4, 0.5) is 0 Å². The van der Waals surface area contributed by atoms with E-state index in [1.54, 1.807) is 0 Å². The van der Waals surface area contributed by atoms with Crippen molar-refractivity contribution in [3.05, 3.63) is 18.0 Å². The second-order valence-corrected chi connectivity index (χ2v) is 5.33. The third kappa shape index (κ3) is 3.10. The molecule has 2 aliphatic rings. The van der Waals surface area contributed by atoms with E-state index in [1.807, 2.05) is 24.0 Å². The van der Waals surface area contributed by atoms with Crippen molar-refractivity contribution in [2.45, 2.75) is 31.5 Å². The minimum absolute atomic E-state index is 0.336. The summed E-state index contributed by atoms with van der Waals surface area (Å²) >= 11 is 0. The van der Waals surface area contributed by atoms with Crippen molar-refractivity contribution in [2.24, 2.45) is 7.05 Å². The fraction of sp³-hybridized carbons (Fsp3) is 0.769. The van der Waals surface area contributed by atoms with Crippen LogP contribution in [-0.4, -0.2) is 53.1 Å². The Labute approximate surface area is 108 Å². The molecule has 1 aliphatic heterocycles. The molecular weight excluding hydrogens is 228 g/mol. The number of morpholine rings is 1. The predicted molar refractivity (Wildman–Crippen MR) is 69.2 cm³/mol. The summed E-state index contributed by atoms with van der Waals surface area (Å²) in [5.41, 5.74) is 1.09. The van der Waals surface area contributed by atoms with E-state index in [-0.39, 0.29) is 0 Å². The van der Waals surface area contributed by atoms with E-state index in [1.165, 1.54) is 12.8 Å². The number of ether oxygens (including phenoxy) is 1. The van der Waals surface area contributed by atoms with E-state index in [0.717, 1.165) is 44.5 Å². The molecular formula is C13H22N4O. The van der Waals surface area contributed by atoms with Gasteiger partial charge in [0.25, 0.3) is 0 Å². The van der Waals surface area contributed by atoms with Crippen LogP contribution in [0.3, 0.4) is 0 Å². The molecule has 2 fully saturated rings. The van der Waals surface area contributed by atoms with Crippen LogP contribution in [0.5, 0.6) is 0 Å². The van der Waals surface area contributed by atoms with Crippen LogP contribution in [0.15, 0.2) is 12.3 Å². The minimum Gasteiger partial charge on any atom is -0.374 e. The molecule has 100 valence electrons. The third-order valence-electron chi connectivity index (χ3n) is 3.68. The molecule has 1 aromatic rings. The van der Waals surface area contributed by atoms with E-state index >= 15 is 0 Å². The molecule has 0 aromatic carbocycles. The average Bonchev–Trinajstić information content (AvgIpc) is 3.14. The number of hydrogen-bond acceptors (Lipinski definition) is 4. The van der Waals surface area contributed by atoms with Crippen LogP contribution in [0.1, 0.15) is 18.5 Å². The van der Waals surface area contributed by atoms with Crippen molar-refractivity contribution in [2.75, 3.05) is 26.2 Å². The van der Waals surface area contributed by atoms with Crippen molar-refractivity contribution in [3.63, 3.8) is 0 Å². The highest BCUT2D eigenvalue weighted by molar-refractivity contribution is 4.98. The van der Waals surface area contributed by atoms with Crippen molar-refractivity contribution in [1.29, 1.82) is 0 Å². The normalized spacial score (nSPS) is 25.5. The Bertz CT molecular complexity index is 388. The highest BCUT2D eigenvalue weighted by Crippen LogP contribution is 2.28. The van der Waals surface area contributed by atoms with Gasteiger partial charge in [-0.05, 0) is 18.9 Å². The molecule has 0 radical (unpaired) electrons. The molecule has 1 aromatic heterocycles. The van der Waals surface area contributed by atoms with Crippen LogP contribution in [0.25, 0.3) is 0 Å². The van der Waals surface area contributed by atoms with Crippen molar-refractivity contribution in [1.82, 2.24) is 20.0 Å². The maximum Gasteiger partial charge on any atom is 0.0826 e. The molecule has 0 bridgehead atoms. The van der Waals surface area contributed by atoms with Crippen LogP contribution >= 0.6 is 0 Å². The molecule has 1 aliphatic carbocycles. The lowest BCUT2D eigenvalue weighted by Gasteiger charge is -2.33. The van der Waals surface area contributed by atoms with Crippen molar-refractivity contribution < 1.29 is 4.74 Å². The van der Waals surface area contributed by atoms with Gasteiger partial charge in [-0.1, -0.05) is 0 Å². The minimum atomic E-state index is 0.336. The number of rotatable bonds is 5. The summed E-state index contributed by atoms with van der Waals surface area (Å²) < 4.78 is 7.64. The van der Waals surface area contributed by atoms with Gasteiger partial charge in [-0.2, -0.15) is 5.10 Å². The smallest absolute Gasteiger partial charge is 0.0826 e. The standard InChI is InChI=1S/C13H22N4O/c1-16-5-4-11(15-16)8-14-9-13-10-17(6-7-18-13)12-2-3-12/h4-5,12-14H,2-3,6-10H2,1H3. The second-order valence-electron chi connectivity index (χ2n) is 5.33. The lowest BCUT2D eigenvalue weighted by atomic mass is 10.2. The van der Waals surface area contributed by atoms with E-state index < -0.39 is 0 Å². The van der Waals surface area contributed by atoms with Crippen LogP contribution in [0.2, 0.25) is 0 Å². The van der Waals surface area contributed by atoms with Crippen LogP contribution in [-0.2, 0) is 18.3 Å². The summed E-state index contributed by atoms with van der Waals surface area (Å²) in [7, 11) is 1.95. The summed E-state index contributed by atoms with van der Waals surface area (Å²) in [6.45, 7) is 4.82. The van der Waals surface area contributed by atoms with Gasteiger partial charge in [-0.3, -0.25) is 9.58 Å². The molecule has 1 atom stereocenters. The van der Waals surface area contributed by atoms with E-state index in [4.69, 9.17) is 4.74 Å². The van der Waals surface area contributed by atoms with Gasteiger partial charge in [-0.25, -0.2) is 0 Å². The highest BCUT2D eigenvalue weighted by Gasteiger charge is 2.32. The van der Waals surface area contributed by atoms with Gasteiger partial charge in [0, 0.05) is 45.5 Å². The first-order valence-corrected chi connectivity index (χ1v) is 6.86. The summed E-state index contributed by atoms with van der Waals surface area (Å²) in [4.78, 5) is 2.58. The fourth-order valence-corrected chi connectivity index (χ4v) is 2.56. The van der Waals surface area contributed by atoms with Gasteiger partial charge in [-0.15, -0.1) is 0 Å². The maximum absolute atomic E-state index is 5.80. The predicted octanol–water partition coefficient (Wildman–Crippen LogP) is 0.373. The van der Waals surface area contributed by atoms with E-state index in [9.17, 15) is 0 Å². The Morgan fingerprint density at radius 1 is 1.50 bits per heavy atom. The van der Waals surface area contributed by atoms with Gasteiger partial charge in [0.05, 0.1) is 18.4 Å². The van der Waals surface area contributed by atoms with E-state index in [0.29, 0.717) is 6.10 Å². The van der Waals surface area contributed by atoms with Crippen molar-refractivity contribution >= 4 is 0 Å². The first-order valence-electron chi connectivity index (χ1n) is 6.86. The largest absolute Gasteiger partial charge is 0.374 e. The average molecular weight is 250 g/mol. The molecule has 1 unspecified atom stereocenters. The zero-order chi connectivity index (χ0) is 12.4. The number of nitrogens with one attached hydrogen (secondary N) is 1. The summed E-state index contributed by atoms with van der Waals surface area (Å²) in [5, 5.41) is 7.79. The first kappa shape index (κ1) is 12.1. The maximum atomic E-state index is 5.80. The SMILES string of the molecule is Cn1ccc(CNCC2CN(C3CC3)CCO2)n1. The van der Waals surface area contributed by atoms with Gasteiger partial charge >= 0.3 is 0 Å². The fourth-order valence-electron chi connectivity index (χ4n) is 2.56. The Balaban J connectivity index is 1.39. The number of aryl methyl sites for hydroxylation is 1. The van der Waals surface area contributed by atoms with Gasteiger partial charge in [0.2, 0.25) is 0 Å². The molecule has 3 rings (SSSR count). The van der Waals surface area contributed by atoms with Gasteiger partial charge in [0.1, 0.15) is 0 Å². The Hall–Kier alpha value is -0.910. The second kappa shape index (κ2) is 5.38. The molecule has 0 amide bonds. The summed E-state index contributed by atoms with van der Waals surface area (Å²) in [5.74, 6) is 0. The molecule has 2 heterocycles. The van der Waals surface area contributed by atoms with E-state index in [2.05, 4.69) is 15.3 Å². The number of aromatic nitrogens is 2. The number of hydrogen-bond donors (Lipinski definition) is 1. The van der Waals surface area contributed by atoms with Gasteiger partial charge < -0.3 is 10.1 Å². The van der Waals surface area contributed by atoms with Crippen LogP contribution in [0, 0.1) is 0 Å². The zero-order valence-corrected chi connectivity index (χ0v) is 11.0. The summed E-state index contributed by atoms with van der Waals surface area (Å²) in [6.07, 6.45) is 5.08. The quantitative estimate of drug-likeness (QED) is 0.820. The molecule has 1 N–H and O–H groups in total. The van der Waals surface area contributed by atoms with Crippen molar-refractivity contribution in [3.8, 4) is 0 Å². The number of nitrogens with zero attached hydrogens (tertiary/aromatic N) is 3. The van der Waals surface area contributed by atoms with Crippen LogP contribution < -0.4 is 5.32 Å². The molecule has 5 nitrogen and oxygen atoms in total. The monoisotopic (exact) mass is 250 g/mol. The lowest BCUT2D eigenvalue weighted by molar-refractivity contribution is -0.0301. The highest BCUT2D eigenvalue weighted by atomic mass is 16.5.